The third-order valence-corrected chi connectivity index (χ3v) is 5.61. The zero-order chi connectivity index (χ0) is 18.3. The summed E-state index contributed by atoms with van der Waals surface area (Å²) in [6, 6.07) is 8.83. The Balaban J connectivity index is 1.67. The Hall–Kier alpha value is -2.23. The van der Waals surface area contributed by atoms with Crippen LogP contribution in [-0.2, 0) is 4.74 Å². The van der Waals surface area contributed by atoms with Gasteiger partial charge in [0, 0.05) is 30.1 Å². The summed E-state index contributed by atoms with van der Waals surface area (Å²) in [6.07, 6.45) is 10.7. The van der Waals surface area contributed by atoms with Gasteiger partial charge in [-0.3, -0.25) is 0 Å². The van der Waals surface area contributed by atoms with Crippen molar-refractivity contribution >= 4 is 11.8 Å². The fourth-order valence-electron chi connectivity index (χ4n) is 4.58. The third kappa shape index (κ3) is 3.13. The highest BCUT2D eigenvalue weighted by atomic mass is 16.6. The number of fused-ring (bicyclic) bond motifs is 3. The van der Waals surface area contributed by atoms with Crippen LogP contribution in [0.2, 0.25) is 0 Å². The maximum absolute atomic E-state index is 12.9. The molecule has 0 aromatic heterocycles. The van der Waals surface area contributed by atoms with Crippen molar-refractivity contribution in [2.45, 2.75) is 51.3 Å². The lowest BCUT2D eigenvalue weighted by Gasteiger charge is -2.42. The number of benzene rings is 1. The molecule has 0 bridgehead atoms. The molecule has 4 atom stereocenters. The Morgan fingerprint density at radius 3 is 2.77 bits per heavy atom. The van der Waals surface area contributed by atoms with E-state index in [0.29, 0.717) is 17.9 Å². The molecule has 4 heteroatoms. The van der Waals surface area contributed by atoms with E-state index in [1.54, 1.807) is 0 Å². The van der Waals surface area contributed by atoms with Crippen LogP contribution in [-0.4, -0.2) is 29.2 Å². The number of nitrogens with zero attached hydrogens (tertiary/aromatic N) is 1. The predicted molar refractivity (Wildman–Crippen MR) is 104 cm³/mol. The van der Waals surface area contributed by atoms with Gasteiger partial charge in [0.05, 0.1) is 6.04 Å². The lowest BCUT2D eigenvalue weighted by Crippen LogP contribution is -2.45. The van der Waals surface area contributed by atoms with Gasteiger partial charge in [-0.05, 0) is 45.2 Å². The first-order chi connectivity index (χ1) is 12.4. The summed E-state index contributed by atoms with van der Waals surface area (Å²) in [7, 11) is 0. The summed E-state index contributed by atoms with van der Waals surface area (Å²) in [5.74, 6) is 0.859. The first-order valence-electron chi connectivity index (χ1n) is 9.62. The van der Waals surface area contributed by atoms with E-state index in [1.807, 2.05) is 25.7 Å². The van der Waals surface area contributed by atoms with E-state index in [-0.39, 0.29) is 12.1 Å². The molecule has 1 unspecified atom stereocenters. The molecule has 26 heavy (non-hydrogen) atoms. The molecule has 0 spiro atoms. The number of para-hydroxylation sites is 1. The van der Waals surface area contributed by atoms with Crippen LogP contribution in [0.4, 0.5) is 10.5 Å². The Bertz CT molecular complexity index is 747. The Labute approximate surface area is 155 Å². The second-order valence-corrected chi connectivity index (χ2v) is 8.54. The standard InChI is InChI=1S/C22H28N2O2/c1-22(2,3)26-21(25)24-14-13-17-19(15-9-5-4-6-10-15)23-18-12-8-7-11-16(18)20(17)24/h4-9,11-12,15,17,19-20,23H,10,13-14H2,1-3H3/t15?,17-,19-,20+/m0/s1. The molecule has 2 aliphatic heterocycles. The lowest BCUT2D eigenvalue weighted by atomic mass is 9.76. The zero-order valence-electron chi connectivity index (χ0n) is 15.8. The molecular formula is C22H28N2O2. The molecule has 0 radical (unpaired) electrons. The largest absolute Gasteiger partial charge is 0.444 e. The molecule has 138 valence electrons. The number of rotatable bonds is 1. The topological polar surface area (TPSA) is 41.6 Å². The van der Waals surface area contributed by atoms with Gasteiger partial charge in [0.15, 0.2) is 0 Å². The molecular weight excluding hydrogens is 324 g/mol. The van der Waals surface area contributed by atoms with Crippen LogP contribution in [0.5, 0.6) is 0 Å². The minimum Gasteiger partial charge on any atom is -0.444 e. The number of carbonyl (C=O) groups is 1. The maximum Gasteiger partial charge on any atom is 0.410 e. The smallest absolute Gasteiger partial charge is 0.410 e. The number of allylic oxidation sites excluding steroid dienone is 3. The third-order valence-electron chi connectivity index (χ3n) is 5.61. The average Bonchev–Trinajstić information content (AvgIpc) is 3.06. The first-order valence-corrected chi connectivity index (χ1v) is 9.62. The van der Waals surface area contributed by atoms with Crippen molar-refractivity contribution in [3.05, 3.63) is 54.1 Å². The molecule has 3 aliphatic rings. The number of nitrogens with one attached hydrogen (secondary N) is 1. The number of likely N-dealkylation sites (tertiary alicyclic amines) is 1. The van der Waals surface area contributed by atoms with E-state index in [2.05, 4.69) is 53.9 Å². The summed E-state index contributed by atoms with van der Waals surface area (Å²) in [4.78, 5) is 14.8. The van der Waals surface area contributed by atoms with E-state index in [1.165, 1.54) is 5.56 Å². The normalized spacial score (nSPS) is 29.7. The quantitative estimate of drug-likeness (QED) is 0.781. The van der Waals surface area contributed by atoms with Crippen LogP contribution in [0.25, 0.3) is 0 Å². The first kappa shape index (κ1) is 17.2. The fourth-order valence-corrected chi connectivity index (χ4v) is 4.58. The summed E-state index contributed by atoms with van der Waals surface area (Å²) in [5, 5.41) is 3.78. The molecule has 4 rings (SSSR count). The van der Waals surface area contributed by atoms with Crippen molar-refractivity contribution in [1.82, 2.24) is 4.90 Å². The van der Waals surface area contributed by atoms with E-state index in [0.717, 1.165) is 25.1 Å². The highest BCUT2D eigenvalue weighted by Crippen LogP contribution is 2.49. The van der Waals surface area contributed by atoms with Crippen molar-refractivity contribution in [3.63, 3.8) is 0 Å². The summed E-state index contributed by atoms with van der Waals surface area (Å²) >= 11 is 0. The van der Waals surface area contributed by atoms with Crippen LogP contribution in [0.3, 0.4) is 0 Å². The number of anilines is 1. The van der Waals surface area contributed by atoms with Crippen molar-refractivity contribution in [2.75, 3.05) is 11.9 Å². The van der Waals surface area contributed by atoms with Gasteiger partial charge >= 0.3 is 6.09 Å². The number of amides is 1. The van der Waals surface area contributed by atoms with Gasteiger partial charge in [0.1, 0.15) is 5.60 Å². The average molecular weight is 352 g/mol. The lowest BCUT2D eigenvalue weighted by molar-refractivity contribution is 0.0195. The number of carbonyl (C=O) groups excluding carboxylic acids is 1. The van der Waals surface area contributed by atoms with Crippen LogP contribution < -0.4 is 5.32 Å². The van der Waals surface area contributed by atoms with Crippen LogP contribution in [0.15, 0.2) is 48.6 Å². The highest BCUT2D eigenvalue weighted by molar-refractivity contribution is 5.71. The van der Waals surface area contributed by atoms with E-state index in [9.17, 15) is 4.79 Å². The minimum absolute atomic E-state index is 0.0895. The SMILES string of the molecule is CC(C)(C)OC(=O)N1CC[C@@H]2[C@H]1c1ccccc1N[C@H]2C1C=CC=CC1. The minimum atomic E-state index is -0.474. The molecule has 1 aromatic carbocycles. The highest BCUT2D eigenvalue weighted by Gasteiger charge is 2.48. The summed E-state index contributed by atoms with van der Waals surface area (Å²) in [5.41, 5.74) is 1.89. The van der Waals surface area contributed by atoms with Crippen molar-refractivity contribution < 1.29 is 9.53 Å². The molecule has 0 saturated carbocycles. The molecule has 1 aromatic rings. The van der Waals surface area contributed by atoms with Crippen LogP contribution in [0.1, 0.15) is 45.2 Å². The van der Waals surface area contributed by atoms with Crippen LogP contribution in [0, 0.1) is 11.8 Å². The van der Waals surface area contributed by atoms with Gasteiger partial charge in [-0.15, -0.1) is 0 Å². The van der Waals surface area contributed by atoms with Crippen molar-refractivity contribution in [2.24, 2.45) is 11.8 Å². The van der Waals surface area contributed by atoms with Crippen molar-refractivity contribution in [3.8, 4) is 0 Å². The van der Waals surface area contributed by atoms with E-state index < -0.39 is 5.60 Å². The van der Waals surface area contributed by atoms with Gasteiger partial charge in [-0.25, -0.2) is 4.79 Å². The fraction of sp³-hybridized carbons (Fsp3) is 0.500. The second kappa shape index (κ2) is 6.49. The van der Waals surface area contributed by atoms with Crippen LogP contribution >= 0.6 is 0 Å². The molecule has 1 N–H and O–H groups in total. The molecule has 1 saturated heterocycles. The Kier molecular flexibility index (Phi) is 4.29. The molecule has 1 aliphatic carbocycles. The molecule has 1 amide bonds. The van der Waals surface area contributed by atoms with Gasteiger partial charge < -0.3 is 15.0 Å². The molecule has 4 nitrogen and oxygen atoms in total. The number of ether oxygens (including phenoxy) is 1. The second-order valence-electron chi connectivity index (χ2n) is 8.54. The number of hydrogen-bond acceptors (Lipinski definition) is 3. The Morgan fingerprint density at radius 1 is 1.23 bits per heavy atom. The monoisotopic (exact) mass is 352 g/mol. The number of hydrogen-bond donors (Lipinski definition) is 1. The van der Waals surface area contributed by atoms with Crippen molar-refractivity contribution in [1.29, 1.82) is 0 Å². The van der Waals surface area contributed by atoms with Gasteiger partial charge in [0.2, 0.25) is 0 Å². The summed E-state index contributed by atoms with van der Waals surface area (Å²) < 4.78 is 5.71. The Morgan fingerprint density at radius 2 is 2.04 bits per heavy atom. The van der Waals surface area contributed by atoms with Gasteiger partial charge in [0.25, 0.3) is 0 Å². The maximum atomic E-state index is 12.9. The predicted octanol–water partition coefficient (Wildman–Crippen LogP) is 4.91. The van der Waals surface area contributed by atoms with E-state index >= 15 is 0 Å². The molecule has 1 fully saturated rings. The summed E-state index contributed by atoms with van der Waals surface area (Å²) in [6.45, 7) is 6.54. The van der Waals surface area contributed by atoms with E-state index in [4.69, 9.17) is 4.74 Å². The zero-order valence-corrected chi connectivity index (χ0v) is 15.8. The van der Waals surface area contributed by atoms with Gasteiger partial charge in [-0.2, -0.15) is 0 Å². The van der Waals surface area contributed by atoms with Gasteiger partial charge in [-0.1, -0.05) is 42.5 Å². The molecule has 2 heterocycles.